The van der Waals surface area contributed by atoms with Gasteiger partial charge in [-0.2, -0.15) is 5.26 Å². The van der Waals surface area contributed by atoms with E-state index in [1.54, 1.807) is 0 Å². The molecule has 3 rings (SSSR count). The summed E-state index contributed by atoms with van der Waals surface area (Å²) in [7, 11) is 0. The van der Waals surface area contributed by atoms with Crippen LogP contribution in [-0.2, 0) is 0 Å². The molecular formula is C14H17N5O2. The van der Waals surface area contributed by atoms with Crippen molar-refractivity contribution in [3.63, 3.8) is 0 Å². The standard InChI is InChI=1S/C14H17N5O2/c15-7-10-6-13(19(20)21)8-17-14(10)18(12-3-4-12)9-11-2-1-5-16-11/h6,8,11-12,16H,1-5,9H2. The number of nitro groups is 1. The molecular weight excluding hydrogens is 270 g/mol. The van der Waals surface area contributed by atoms with Crippen molar-refractivity contribution >= 4 is 11.5 Å². The first kappa shape index (κ1) is 13.8. The molecule has 1 saturated carbocycles. The van der Waals surface area contributed by atoms with Crippen LogP contribution in [0, 0.1) is 21.4 Å². The van der Waals surface area contributed by atoms with Crippen molar-refractivity contribution in [3.05, 3.63) is 27.9 Å². The van der Waals surface area contributed by atoms with E-state index >= 15 is 0 Å². The van der Waals surface area contributed by atoms with Crippen molar-refractivity contribution in [1.82, 2.24) is 10.3 Å². The number of aromatic nitrogens is 1. The fourth-order valence-corrected chi connectivity index (χ4v) is 2.80. The van der Waals surface area contributed by atoms with Gasteiger partial charge in [-0.25, -0.2) is 4.98 Å². The first-order chi connectivity index (χ1) is 10.2. The van der Waals surface area contributed by atoms with E-state index in [4.69, 9.17) is 0 Å². The van der Waals surface area contributed by atoms with E-state index in [2.05, 4.69) is 15.2 Å². The second kappa shape index (κ2) is 5.66. The quantitative estimate of drug-likeness (QED) is 0.652. The van der Waals surface area contributed by atoms with Crippen molar-refractivity contribution < 1.29 is 4.92 Å². The van der Waals surface area contributed by atoms with E-state index in [0.29, 0.717) is 17.9 Å². The van der Waals surface area contributed by atoms with Gasteiger partial charge < -0.3 is 10.2 Å². The fraction of sp³-hybridized carbons (Fsp3) is 0.571. The smallest absolute Gasteiger partial charge is 0.289 e. The number of hydrogen-bond acceptors (Lipinski definition) is 6. The molecule has 2 aliphatic rings. The number of nitrogens with one attached hydrogen (secondary N) is 1. The Balaban J connectivity index is 1.88. The Labute approximate surface area is 122 Å². The van der Waals surface area contributed by atoms with E-state index in [0.717, 1.165) is 32.4 Å². The molecule has 0 aromatic carbocycles. The summed E-state index contributed by atoms with van der Waals surface area (Å²) in [5.41, 5.74) is 0.152. The molecule has 21 heavy (non-hydrogen) atoms. The van der Waals surface area contributed by atoms with Gasteiger partial charge in [-0.1, -0.05) is 0 Å². The molecule has 1 aromatic rings. The fourth-order valence-electron chi connectivity index (χ4n) is 2.80. The largest absolute Gasteiger partial charge is 0.351 e. The number of anilines is 1. The Hall–Kier alpha value is -2.20. The van der Waals surface area contributed by atoms with Crippen molar-refractivity contribution in [3.8, 4) is 6.07 Å². The van der Waals surface area contributed by atoms with Crippen LogP contribution in [0.25, 0.3) is 0 Å². The van der Waals surface area contributed by atoms with Crippen LogP contribution in [-0.4, -0.2) is 35.1 Å². The number of rotatable bonds is 5. The summed E-state index contributed by atoms with van der Waals surface area (Å²) in [4.78, 5) is 16.6. The highest BCUT2D eigenvalue weighted by Crippen LogP contribution is 2.33. The van der Waals surface area contributed by atoms with Crippen LogP contribution >= 0.6 is 0 Å². The lowest BCUT2D eigenvalue weighted by molar-refractivity contribution is -0.385. The van der Waals surface area contributed by atoms with Crippen LogP contribution in [0.3, 0.4) is 0 Å². The van der Waals surface area contributed by atoms with Crippen LogP contribution in [0.15, 0.2) is 12.3 Å². The molecule has 110 valence electrons. The predicted octanol–water partition coefficient (Wildman–Crippen LogP) is 1.58. The molecule has 0 radical (unpaired) electrons. The minimum atomic E-state index is -0.516. The lowest BCUT2D eigenvalue weighted by atomic mass is 10.2. The highest BCUT2D eigenvalue weighted by Gasteiger charge is 2.34. The molecule has 7 heteroatoms. The molecule has 1 aromatic heterocycles. The molecule has 7 nitrogen and oxygen atoms in total. The summed E-state index contributed by atoms with van der Waals surface area (Å²) < 4.78 is 0. The minimum Gasteiger partial charge on any atom is -0.351 e. The number of hydrogen-bond donors (Lipinski definition) is 1. The Morgan fingerprint density at radius 2 is 2.33 bits per heavy atom. The topological polar surface area (TPSA) is 95.1 Å². The molecule has 0 bridgehead atoms. The van der Waals surface area contributed by atoms with Gasteiger partial charge in [0.15, 0.2) is 0 Å². The maximum absolute atomic E-state index is 10.8. The van der Waals surface area contributed by atoms with Crippen molar-refractivity contribution in [1.29, 1.82) is 5.26 Å². The normalized spacial score (nSPS) is 21.0. The molecule has 1 atom stereocenters. The van der Waals surface area contributed by atoms with Gasteiger partial charge in [-0.05, 0) is 32.2 Å². The molecule has 1 aliphatic carbocycles. The highest BCUT2D eigenvalue weighted by molar-refractivity contribution is 5.58. The van der Waals surface area contributed by atoms with Crippen molar-refractivity contribution in [2.75, 3.05) is 18.0 Å². The van der Waals surface area contributed by atoms with E-state index in [-0.39, 0.29) is 11.3 Å². The van der Waals surface area contributed by atoms with Gasteiger partial charge in [0.25, 0.3) is 5.69 Å². The van der Waals surface area contributed by atoms with Gasteiger partial charge in [0.1, 0.15) is 23.6 Å². The molecule has 2 fully saturated rings. The molecule has 1 N–H and O–H groups in total. The first-order valence-electron chi connectivity index (χ1n) is 7.23. The molecule has 2 heterocycles. The van der Waals surface area contributed by atoms with Gasteiger partial charge in [-0.3, -0.25) is 10.1 Å². The molecule has 1 unspecified atom stereocenters. The maximum atomic E-state index is 10.8. The van der Waals surface area contributed by atoms with Crippen molar-refractivity contribution in [2.45, 2.75) is 37.8 Å². The van der Waals surface area contributed by atoms with Crippen molar-refractivity contribution in [2.24, 2.45) is 0 Å². The third-order valence-electron chi connectivity index (χ3n) is 4.02. The lowest BCUT2D eigenvalue weighted by Gasteiger charge is -2.27. The third-order valence-corrected chi connectivity index (χ3v) is 4.02. The zero-order valence-electron chi connectivity index (χ0n) is 11.7. The summed E-state index contributed by atoms with van der Waals surface area (Å²) in [5, 5.41) is 23.5. The summed E-state index contributed by atoms with van der Waals surface area (Å²) in [5.74, 6) is 0.583. The molecule has 1 saturated heterocycles. The maximum Gasteiger partial charge on any atom is 0.289 e. The lowest BCUT2D eigenvalue weighted by Crippen LogP contribution is -2.39. The first-order valence-corrected chi connectivity index (χ1v) is 7.23. The predicted molar refractivity (Wildman–Crippen MR) is 77.0 cm³/mol. The van der Waals surface area contributed by atoms with E-state index in [1.807, 2.05) is 6.07 Å². The zero-order chi connectivity index (χ0) is 14.8. The van der Waals surface area contributed by atoms with Crippen LogP contribution < -0.4 is 10.2 Å². The summed E-state index contributed by atoms with van der Waals surface area (Å²) in [6, 6.07) is 4.19. The monoisotopic (exact) mass is 287 g/mol. The second-order valence-electron chi connectivity index (χ2n) is 5.61. The van der Waals surface area contributed by atoms with E-state index in [9.17, 15) is 15.4 Å². The van der Waals surface area contributed by atoms with Gasteiger partial charge in [-0.15, -0.1) is 0 Å². The van der Waals surface area contributed by atoms with E-state index < -0.39 is 4.92 Å². The average molecular weight is 287 g/mol. The average Bonchev–Trinajstić information content (AvgIpc) is 3.21. The number of pyridine rings is 1. The van der Waals surface area contributed by atoms with Crippen LogP contribution in [0.1, 0.15) is 31.2 Å². The minimum absolute atomic E-state index is 0.134. The zero-order valence-corrected chi connectivity index (χ0v) is 11.7. The summed E-state index contributed by atoms with van der Waals surface area (Å²) in [6.45, 7) is 1.84. The summed E-state index contributed by atoms with van der Waals surface area (Å²) >= 11 is 0. The van der Waals surface area contributed by atoms with Gasteiger partial charge in [0, 0.05) is 24.7 Å². The molecule has 0 spiro atoms. The second-order valence-corrected chi connectivity index (χ2v) is 5.61. The molecule has 1 aliphatic heterocycles. The van der Waals surface area contributed by atoms with Gasteiger partial charge in [0.05, 0.1) is 4.92 Å². The Morgan fingerprint density at radius 1 is 1.52 bits per heavy atom. The number of nitrogens with zero attached hydrogens (tertiary/aromatic N) is 4. The SMILES string of the molecule is N#Cc1cc([N+](=O)[O-])cnc1N(CC1CCCN1)C1CC1. The van der Waals surface area contributed by atoms with Crippen LogP contribution in [0.4, 0.5) is 11.5 Å². The van der Waals surface area contributed by atoms with Gasteiger partial charge in [0.2, 0.25) is 0 Å². The Kier molecular flexibility index (Phi) is 3.71. The van der Waals surface area contributed by atoms with Crippen LogP contribution in [0.5, 0.6) is 0 Å². The number of nitriles is 1. The van der Waals surface area contributed by atoms with Crippen LogP contribution in [0.2, 0.25) is 0 Å². The Bertz CT molecular complexity index is 588. The van der Waals surface area contributed by atoms with Gasteiger partial charge >= 0.3 is 0 Å². The molecule has 0 amide bonds. The Morgan fingerprint density at radius 3 is 2.90 bits per heavy atom. The highest BCUT2D eigenvalue weighted by atomic mass is 16.6. The summed E-state index contributed by atoms with van der Waals surface area (Å²) in [6.07, 6.45) is 5.72. The van der Waals surface area contributed by atoms with E-state index in [1.165, 1.54) is 18.7 Å². The third kappa shape index (κ3) is 2.95.